The van der Waals surface area contributed by atoms with Crippen molar-refractivity contribution in [2.45, 2.75) is 13.0 Å². The molecule has 1 aliphatic rings. The third kappa shape index (κ3) is 2.41. The van der Waals surface area contributed by atoms with Gasteiger partial charge in [0.15, 0.2) is 5.13 Å². The van der Waals surface area contributed by atoms with Crippen LogP contribution in [0.4, 0.5) is 10.8 Å². The molecule has 0 amide bonds. The minimum atomic E-state index is 0.316. The number of aromatic nitrogens is 2. The molecule has 3 heterocycles. The van der Waals surface area contributed by atoms with Crippen molar-refractivity contribution in [3.05, 3.63) is 47.7 Å². The summed E-state index contributed by atoms with van der Waals surface area (Å²) in [7, 11) is 4.05. The number of thiazole rings is 1. The molecule has 2 N–H and O–H groups in total. The molecule has 0 unspecified atom stereocenters. The summed E-state index contributed by atoms with van der Waals surface area (Å²) in [5.74, 6) is 0.316. The minimum Gasteiger partial charge on any atom is -0.508 e. The molecule has 2 aromatic carbocycles. The molecule has 26 heavy (non-hydrogen) atoms. The zero-order valence-corrected chi connectivity index (χ0v) is 15.6. The molecule has 0 aliphatic carbocycles. The average molecular weight is 364 g/mol. The zero-order valence-electron chi connectivity index (χ0n) is 14.8. The lowest BCUT2D eigenvalue weighted by atomic mass is 10.0. The number of aromatic hydroxyl groups is 1. The number of anilines is 2. The van der Waals surface area contributed by atoms with Gasteiger partial charge < -0.3 is 19.9 Å². The summed E-state index contributed by atoms with van der Waals surface area (Å²) >= 11 is 1.72. The molecule has 5 rings (SSSR count). The van der Waals surface area contributed by atoms with E-state index in [-0.39, 0.29) is 0 Å². The second kappa shape index (κ2) is 5.64. The van der Waals surface area contributed by atoms with Gasteiger partial charge in [0, 0.05) is 61.5 Å². The molecular formula is C20H20N4OS. The van der Waals surface area contributed by atoms with Crippen LogP contribution in [0.1, 0.15) is 11.3 Å². The molecular weight excluding hydrogens is 344 g/mol. The second-order valence-corrected chi connectivity index (χ2v) is 8.04. The number of nitrogens with zero attached hydrogens (tertiary/aromatic N) is 3. The van der Waals surface area contributed by atoms with E-state index in [2.05, 4.69) is 33.0 Å². The number of benzene rings is 2. The van der Waals surface area contributed by atoms with E-state index >= 15 is 0 Å². The topological polar surface area (TPSA) is 55.4 Å². The standard InChI is InChI=1S/C20H20N4OS/c1-23(2)20-22-18-9-12(3-6-19(18)26-20)24-8-7-17-15(11-24)14-10-13(25)4-5-16(14)21-17/h3-6,9-10,21,25H,7-8,11H2,1-2H3. The van der Waals surface area contributed by atoms with E-state index in [9.17, 15) is 5.11 Å². The van der Waals surface area contributed by atoms with Crippen molar-refractivity contribution in [2.75, 3.05) is 30.4 Å². The number of aromatic amines is 1. The largest absolute Gasteiger partial charge is 0.508 e. The highest BCUT2D eigenvalue weighted by Gasteiger charge is 2.21. The highest BCUT2D eigenvalue weighted by molar-refractivity contribution is 7.22. The Bertz CT molecular complexity index is 1130. The maximum Gasteiger partial charge on any atom is 0.185 e. The Labute approximate surface area is 155 Å². The molecule has 2 aromatic heterocycles. The first-order chi connectivity index (χ1) is 12.6. The predicted molar refractivity (Wildman–Crippen MR) is 109 cm³/mol. The Morgan fingerprint density at radius 3 is 2.92 bits per heavy atom. The number of H-pyrrole nitrogens is 1. The maximum absolute atomic E-state index is 9.86. The molecule has 0 saturated carbocycles. The van der Waals surface area contributed by atoms with Gasteiger partial charge in [0.1, 0.15) is 5.75 Å². The van der Waals surface area contributed by atoms with E-state index in [1.165, 1.54) is 21.6 Å². The molecule has 5 nitrogen and oxygen atoms in total. The Morgan fingerprint density at radius 1 is 1.19 bits per heavy atom. The van der Waals surface area contributed by atoms with E-state index in [0.717, 1.165) is 41.1 Å². The van der Waals surface area contributed by atoms with Crippen LogP contribution in [0.3, 0.4) is 0 Å². The summed E-state index contributed by atoms with van der Waals surface area (Å²) in [5.41, 5.74) is 5.92. The zero-order chi connectivity index (χ0) is 17.8. The molecule has 132 valence electrons. The Balaban J connectivity index is 1.53. The van der Waals surface area contributed by atoms with Gasteiger partial charge in [0.05, 0.1) is 10.2 Å². The van der Waals surface area contributed by atoms with Crippen LogP contribution in [0.5, 0.6) is 5.75 Å². The smallest absolute Gasteiger partial charge is 0.185 e. The molecule has 0 spiro atoms. The molecule has 4 aromatic rings. The summed E-state index contributed by atoms with van der Waals surface area (Å²) in [6.45, 7) is 1.82. The predicted octanol–water partition coefficient (Wildman–Crippen LogP) is 4.11. The van der Waals surface area contributed by atoms with Gasteiger partial charge in [-0.1, -0.05) is 11.3 Å². The summed E-state index contributed by atoms with van der Waals surface area (Å²) in [5, 5.41) is 12.0. The first-order valence-corrected chi connectivity index (χ1v) is 9.55. The van der Waals surface area contributed by atoms with Crippen molar-refractivity contribution in [1.82, 2.24) is 9.97 Å². The molecule has 0 radical (unpaired) electrons. The Morgan fingerprint density at radius 2 is 2.08 bits per heavy atom. The number of fused-ring (bicyclic) bond motifs is 4. The molecule has 0 saturated heterocycles. The van der Waals surface area contributed by atoms with E-state index in [4.69, 9.17) is 4.98 Å². The highest BCUT2D eigenvalue weighted by Crippen LogP contribution is 2.34. The van der Waals surface area contributed by atoms with Crippen molar-refractivity contribution in [1.29, 1.82) is 0 Å². The van der Waals surface area contributed by atoms with Gasteiger partial charge in [-0.15, -0.1) is 0 Å². The fourth-order valence-corrected chi connectivity index (χ4v) is 4.58. The van der Waals surface area contributed by atoms with Gasteiger partial charge >= 0.3 is 0 Å². The van der Waals surface area contributed by atoms with Crippen LogP contribution in [0.2, 0.25) is 0 Å². The van der Waals surface area contributed by atoms with Crippen LogP contribution >= 0.6 is 11.3 Å². The van der Waals surface area contributed by atoms with Crippen LogP contribution in [-0.4, -0.2) is 35.7 Å². The quantitative estimate of drug-likeness (QED) is 0.562. The number of hydrogen-bond donors (Lipinski definition) is 2. The SMILES string of the molecule is CN(C)c1nc2cc(N3CCc4[nH]c5ccc(O)cc5c4C3)ccc2s1. The van der Waals surface area contributed by atoms with Crippen molar-refractivity contribution >= 4 is 43.3 Å². The van der Waals surface area contributed by atoms with Gasteiger partial charge in [0.25, 0.3) is 0 Å². The van der Waals surface area contributed by atoms with Crippen molar-refractivity contribution in [3.8, 4) is 5.75 Å². The van der Waals surface area contributed by atoms with Crippen LogP contribution in [0, 0.1) is 0 Å². The van der Waals surface area contributed by atoms with Crippen molar-refractivity contribution < 1.29 is 5.11 Å². The third-order valence-corrected chi connectivity index (χ3v) is 6.27. The van der Waals surface area contributed by atoms with Gasteiger partial charge in [-0.3, -0.25) is 0 Å². The maximum atomic E-state index is 9.86. The Kier molecular flexibility index (Phi) is 3.37. The summed E-state index contributed by atoms with van der Waals surface area (Å²) in [4.78, 5) is 12.7. The number of rotatable bonds is 2. The number of nitrogens with one attached hydrogen (secondary N) is 1. The molecule has 0 fully saturated rings. The lowest BCUT2D eigenvalue weighted by Gasteiger charge is -2.29. The summed E-state index contributed by atoms with van der Waals surface area (Å²) < 4.78 is 1.21. The number of hydrogen-bond acceptors (Lipinski definition) is 5. The lowest BCUT2D eigenvalue weighted by Crippen LogP contribution is -2.29. The van der Waals surface area contributed by atoms with Gasteiger partial charge in [0.2, 0.25) is 0 Å². The second-order valence-electron chi connectivity index (χ2n) is 7.03. The van der Waals surface area contributed by atoms with Crippen LogP contribution in [0.25, 0.3) is 21.1 Å². The van der Waals surface area contributed by atoms with Crippen LogP contribution in [0.15, 0.2) is 36.4 Å². The average Bonchev–Trinajstić information content (AvgIpc) is 3.21. The molecule has 1 aliphatic heterocycles. The van der Waals surface area contributed by atoms with Crippen LogP contribution < -0.4 is 9.80 Å². The summed E-state index contributed by atoms with van der Waals surface area (Å²) in [6, 6.07) is 12.1. The van der Waals surface area contributed by atoms with E-state index < -0.39 is 0 Å². The summed E-state index contributed by atoms with van der Waals surface area (Å²) in [6.07, 6.45) is 0.975. The monoisotopic (exact) mass is 364 g/mol. The first-order valence-electron chi connectivity index (χ1n) is 8.74. The van der Waals surface area contributed by atoms with Crippen molar-refractivity contribution in [2.24, 2.45) is 0 Å². The lowest BCUT2D eigenvalue weighted by molar-refractivity contribution is 0.476. The normalized spacial score (nSPS) is 14.2. The third-order valence-electron chi connectivity index (χ3n) is 5.07. The Hall–Kier alpha value is -2.73. The minimum absolute atomic E-state index is 0.316. The fourth-order valence-electron chi connectivity index (χ4n) is 3.71. The highest BCUT2D eigenvalue weighted by atomic mass is 32.1. The van der Waals surface area contributed by atoms with Gasteiger partial charge in [-0.25, -0.2) is 4.98 Å². The number of phenols is 1. The van der Waals surface area contributed by atoms with Crippen molar-refractivity contribution in [3.63, 3.8) is 0 Å². The van der Waals surface area contributed by atoms with E-state index in [0.29, 0.717) is 5.75 Å². The first kappa shape index (κ1) is 15.5. The number of phenolic OH excluding ortho intramolecular Hbond substituents is 1. The van der Waals surface area contributed by atoms with E-state index in [1.54, 1.807) is 17.4 Å². The molecule has 0 bridgehead atoms. The molecule has 6 heteroatoms. The van der Waals surface area contributed by atoms with E-state index in [1.807, 2.05) is 26.2 Å². The van der Waals surface area contributed by atoms with Gasteiger partial charge in [-0.2, -0.15) is 0 Å². The molecule has 0 atom stereocenters. The fraction of sp³-hybridized carbons (Fsp3) is 0.250. The van der Waals surface area contributed by atoms with Crippen LogP contribution in [-0.2, 0) is 13.0 Å². The van der Waals surface area contributed by atoms with Gasteiger partial charge in [-0.05, 0) is 36.4 Å².